The molecular formula is C18H21N3O4. The lowest BCUT2D eigenvalue weighted by Crippen LogP contribution is -2.23. The van der Waals surface area contributed by atoms with Gasteiger partial charge < -0.3 is 15.0 Å². The topological polar surface area (TPSA) is 84.7 Å². The van der Waals surface area contributed by atoms with Gasteiger partial charge in [0.15, 0.2) is 5.75 Å². The van der Waals surface area contributed by atoms with Crippen molar-refractivity contribution in [1.29, 1.82) is 0 Å². The fourth-order valence-electron chi connectivity index (χ4n) is 2.39. The number of nitro benzene ring substituents is 1. The van der Waals surface area contributed by atoms with Gasteiger partial charge in [-0.2, -0.15) is 0 Å². The molecule has 2 rings (SSSR count). The highest BCUT2D eigenvalue weighted by molar-refractivity contribution is 5.95. The summed E-state index contributed by atoms with van der Waals surface area (Å²) < 4.78 is 4.93. The zero-order valence-corrected chi connectivity index (χ0v) is 14.5. The predicted octanol–water partition coefficient (Wildman–Crippen LogP) is 2.60. The molecule has 0 aliphatic heterocycles. The minimum absolute atomic E-state index is 0.123. The highest BCUT2D eigenvalue weighted by atomic mass is 16.6. The second kappa shape index (κ2) is 8.25. The molecule has 0 aliphatic rings. The number of hydrogen-bond acceptors (Lipinski definition) is 5. The van der Waals surface area contributed by atoms with Gasteiger partial charge in [-0.1, -0.05) is 24.3 Å². The molecule has 1 N–H and O–H groups in total. The monoisotopic (exact) mass is 343 g/mol. The second-order valence-corrected chi connectivity index (χ2v) is 5.88. The third-order valence-corrected chi connectivity index (χ3v) is 3.61. The first-order valence-corrected chi connectivity index (χ1v) is 7.74. The van der Waals surface area contributed by atoms with E-state index in [1.165, 1.54) is 30.9 Å². The van der Waals surface area contributed by atoms with Gasteiger partial charge in [0.1, 0.15) is 0 Å². The second-order valence-electron chi connectivity index (χ2n) is 5.88. The third kappa shape index (κ3) is 5.02. The summed E-state index contributed by atoms with van der Waals surface area (Å²) in [5.41, 5.74) is 2.13. The van der Waals surface area contributed by atoms with Crippen LogP contribution in [0.2, 0.25) is 0 Å². The molecule has 1 amide bonds. The number of amides is 1. The van der Waals surface area contributed by atoms with Gasteiger partial charge in [-0.25, -0.2) is 0 Å². The Bertz CT molecular complexity index is 757. The van der Waals surface area contributed by atoms with E-state index in [4.69, 9.17) is 4.74 Å². The summed E-state index contributed by atoms with van der Waals surface area (Å²) in [6, 6.07) is 12.1. The molecule has 0 fully saturated rings. The minimum atomic E-state index is -0.570. The van der Waals surface area contributed by atoms with Gasteiger partial charge in [-0.15, -0.1) is 0 Å². The van der Waals surface area contributed by atoms with Gasteiger partial charge in [-0.05, 0) is 37.4 Å². The van der Waals surface area contributed by atoms with Crippen molar-refractivity contribution in [2.45, 2.75) is 13.1 Å². The summed E-state index contributed by atoms with van der Waals surface area (Å²) in [5, 5.41) is 13.8. The van der Waals surface area contributed by atoms with Crippen molar-refractivity contribution >= 4 is 11.6 Å². The first-order valence-electron chi connectivity index (χ1n) is 7.74. The average molecular weight is 343 g/mol. The van der Waals surface area contributed by atoms with Gasteiger partial charge >= 0.3 is 5.69 Å². The van der Waals surface area contributed by atoms with Gasteiger partial charge in [-0.3, -0.25) is 14.9 Å². The van der Waals surface area contributed by atoms with E-state index >= 15 is 0 Å². The third-order valence-electron chi connectivity index (χ3n) is 3.61. The molecule has 2 aromatic rings. The Labute approximate surface area is 146 Å². The molecule has 0 aromatic heterocycles. The minimum Gasteiger partial charge on any atom is -0.490 e. The molecule has 0 unspecified atom stereocenters. The molecule has 0 radical (unpaired) electrons. The van der Waals surface area contributed by atoms with Crippen LogP contribution in [0.3, 0.4) is 0 Å². The van der Waals surface area contributed by atoms with E-state index in [2.05, 4.69) is 10.2 Å². The maximum absolute atomic E-state index is 12.2. The summed E-state index contributed by atoms with van der Waals surface area (Å²) in [6.07, 6.45) is 0. The lowest BCUT2D eigenvalue weighted by molar-refractivity contribution is -0.385. The molecule has 0 atom stereocenters. The highest BCUT2D eigenvalue weighted by Crippen LogP contribution is 2.27. The van der Waals surface area contributed by atoms with Crippen molar-refractivity contribution in [1.82, 2.24) is 10.2 Å². The number of methoxy groups -OCH3 is 1. The molecule has 0 heterocycles. The van der Waals surface area contributed by atoms with E-state index in [9.17, 15) is 14.9 Å². The zero-order chi connectivity index (χ0) is 18.4. The maximum Gasteiger partial charge on any atom is 0.311 e. The molecule has 0 saturated carbocycles. The molecular weight excluding hydrogens is 322 g/mol. The fourth-order valence-corrected chi connectivity index (χ4v) is 2.39. The van der Waals surface area contributed by atoms with E-state index in [0.29, 0.717) is 6.54 Å². The van der Waals surface area contributed by atoms with Crippen LogP contribution >= 0.6 is 0 Å². The number of carbonyl (C=O) groups excluding carboxylic acids is 1. The van der Waals surface area contributed by atoms with Gasteiger partial charge in [0.05, 0.1) is 12.0 Å². The quantitative estimate of drug-likeness (QED) is 0.617. The van der Waals surface area contributed by atoms with E-state index in [1.54, 1.807) is 0 Å². The van der Waals surface area contributed by atoms with Crippen molar-refractivity contribution in [2.75, 3.05) is 21.2 Å². The molecule has 2 aromatic carbocycles. The molecule has 25 heavy (non-hydrogen) atoms. The Morgan fingerprint density at radius 3 is 2.36 bits per heavy atom. The van der Waals surface area contributed by atoms with Crippen molar-refractivity contribution in [3.05, 3.63) is 69.3 Å². The van der Waals surface area contributed by atoms with Crippen molar-refractivity contribution in [3.8, 4) is 5.75 Å². The standard InChI is InChI=1S/C18H21N3O4/c1-20(2)12-14-6-4-13(5-7-14)11-19-18(22)15-8-9-17(25-3)16(10-15)21(23)24/h4-10H,11-12H2,1-3H3,(H,19,22). The normalized spacial score (nSPS) is 10.6. The molecule has 0 bridgehead atoms. The van der Waals surface area contributed by atoms with Gasteiger partial charge in [0, 0.05) is 24.7 Å². The average Bonchev–Trinajstić information content (AvgIpc) is 2.59. The number of nitrogens with zero attached hydrogens (tertiary/aromatic N) is 2. The van der Waals surface area contributed by atoms with Crippen molar-refractivity contribution < 1.29 is 14.5 Å². The van der Waals surface area contributed by atoms with E-state index in [1.807, 2.05) is 38.4 Å². The SMILES string of the molecule is COc1ccc(C(=O)NCc2ccc(CN(C)C)cc2)cc1[N+](=O)[O-]. The Balaban J connectivity index is 2.02. The lowest BCUT2D eigenvalue weighted by atomic mass is 10.1. The highest BCUT2D eigenvalue weighted by Gasteiger charge is 2.18. The molecule has 0 saturated heterocycles. The van der Waals surface area contributed by atoms with Gasteiger partial charge in [0.2, 0.25) is 0 Å². The molecule has 7 heteroatoms. The molecule has 7 nitrogen and oxygen atoms in total. The first-order chi connectivity index (χ1) is 11.9. The molecule has 0 aliphatic carbocycles. The van der Waals surface area contributed by atoms with Crippen LogP contribution in [0.15, 0.2) is 42.5 Å². The lowest BCUT2D eigenvalue weighted by Gasteiger charge is -2.10. The van der Waals surface area contributed by atoms with Crippen molar-refractivity contribution in [2.24, 2.45) is 0 Å². The van der Waals surface area contributed by atoms with Crippen LogP contribution in [0.1, 0.15) is 21.5 Å². The van der Waals surface area contributed by atoms with E-state index in [0.717, 1.165) is 12.1 Å². The van der Waals surface area contributed by atoms with Crippen LogP contribution < -0.4 is 10.1 Å². The van der Waals surface area contributed by atoms with Crippen LogP contribution in [0, 0.1) is 10.1 Å². The fraction of sp³-hybridized carbons (Fsp3) is 0.278. The van der Waals surface area contributed by atoms with E-state index < -0.39 is 4.92 Å². The van der Waals surface area contributed by atoms with Gasteiger partial charge in [0.25, 0.3) is 5.91 Å². The summed E-state index contributed by atoms with van der Waals surface area (Å²) >= 11 is 0. The number of rotatable bonds is 7. The predicted molar refractivity (Wildman–Crippen MR) is 94.7 cm³/mol. The smallest absolute Gasteiger partial charge is 0.311 e. The summed E-state index contributed by atoms with van der Waals surface area (Å²) in [7, 11) is 5.35. The van der Waals surface area contributed by atoms with E-state index in [-0.39, 0.29) is 22.9 Å². The number of nitro groups is 1. The van der Waals surface area contributed by atoms with Crippen LogP contribution in [0.5, 0.6) is 5.75 Å². The number of benzene rings is 2. The first kappa shape index (κ1) is 18.4. The Morgan fingerprint density at radius 2 is 1.80 bits per heavy atom. The summed E-state index contributed by atoms with van der Waals surface area (Å²) in [6.45, 7) is 1.20. The molecule has 0 spiro atoms. The number of ether oxygens (including phenoxy) is 1. The summed E-state index contributed by atoms with van der Waals surface area (Å²) in [4.78, 5) is 24.8. The molecule has 132 valence electrons. The number of hydrogen-bond donors (Lipinski definition) is 1. The van der Waals surface area contributed by atoms with Crippen LogP contribution in [0.4, 0.5) is 5.69 Å². The Kier molecular flexibility index (Phi) is 6.08. The van der Waals surface area contributed by atoms with Crippen molar-refractivity contribution in [3.63, 3.8) is 0 Å². The maximum atomic E-state index is 12.2. The van der Waals surface area contributed by atoms with Crippen LogP contribution in [0.25, 0.3) is 0 Å². The Hall–Kier alpha value is -2.93. The Morgan fingerprint density at radius 1 is 1.16 bits per heavy atom. The van der Waals surface area contributed by atoms with Crippen LogP contribution in [-0.2, 0) is 13.1 Å². The largest absolute Gasteiger partial charge is 0.490 e. The van der Waals surface area contributed by atoms with Crippen LogP contribution in [-0.4, -0.2) is 36.9 Å². The zero-order valence-electron chi connectivity index (χ0n) is 14.5. The summed E-state index contributed by atoms with van der Waals surface area (Å²) in [5.74, 6) is -0.249. The number of carbonyl (C=O) groups is 1. The number of nitrogens with one attached hydrogen (secondary N) is 1.